The molecule has 1 aromatic heterocycles. The fourth-order valence-corrected chi connectivity index (χ4v) is 6.72. The maximum atomic E-state index is 13.3. The Morgan fingerprint density at radius 2 is 1.92 bits per heavy atom. The molecule has 1 fully saturated rings. The molecule has 0 amide bonds. The molecular formula is C26H30Cl2N4O5S2. The molecule has 9 nitrogen and oxygen atoms in total. The van der Waals surface area contributed by atoms with Gasteiger partial charge in [0, 0.05) is 75.0 Å². The van der Waals surface area contributed by atoms with Crippen molar-refractivity contribution in [3.05, 3.63) is 61.2 Å². The van der Waals surface area contributed by atoms with E-state index in [9.17, 15) is 13.8 Å². The number of carbonyl (C=O) groups excluding carboxylic acids is 2. The molecule has 0 radical (unpaired) electrons. The minimum absolute atomic E-state index is 0.201. The van der Waals surface area contributed by atoms with Gasteiger partial charge < -0.3 is 14.8 Å². The van der Waals surface area contributed by atoms with Crippen LogP contribution in [0.4, 0.5) is 0 Å². The number of aliphatic imine (C=N–C) groups is 1. The molecule has 1 N–H and O–H groups in total. The van der Waals surface area contributed by atoms with Gasteiger partial charge in [-0.2, -0.15) is 0 Å². The molecule has 13 heteroatoms. The minimum atomic E-state index is -0.836. The van der Waals surface area contributed by atoms with Gasteiger partial charge in [0.25, 0.3) is 0 Å². The van der Waals surface area contributed by atoms with Gasteiger partial charge in [-0.05, 0) is 26.0 Å². The maximum Gasteiger partial charge on any atom is 0.338 e. The van der Waals surface area contributed by atoms with Crippen molar-refractivity contribution in [3.8, 4) is 0 Å². The number of esters is 2. The summed E-state index contributed by atoms with van der Waals surface area (Å²) in [6.45, 7) is 5.75. The van der Waals surface area contributed by atoms with E-state index in [1.54, 1.807) is 32.0 Å². The first-order chi connectivity index (χ1) is 18.8. The molecule has 1 unspecified atom stereocenters. The Kier molecular flexibility index (Phi) is 10.5. The van der Waals surface area contributed by atoms with Crippen LogP contribution in [-0.2, 0) is 36.3 Å². The first-order valence-electron chi connectivity index (χ1n) is 12.7. The van der Waals surface area contributed by atoms with Gasteiger partial charge in [-0.3, -0.25) is 18.9 Å². The third-order valence-corrected chi connectivity index (χ3v) is 8.91. The number of nitrogens with one attached hydrogen (secondary N) is 1. The molecule has 39 heavy (non-hydrogen) atoms. The van der Waals surface area contributed by atoms with Crippen molar-refractivity contribution >= 4 is 63.1 Å². The quantitative estimate of drug-likeness (QED) is 0.402. The number of aryl methyl sites for hydroxylation is 1. The number of benzene rings is 1. The van der Waals surface area contributed by atoms with Crippen LogP contribution < -0.4 is 5.32 Å². The molecule has 0 aliphatic carbocycles. The highest BCUT2D eigenvalue weighted by atomic mass is 35.5. The van der Waals surface area contributed by atoms with E-state index in [1.807, 2.05) is 5.38 Å². The third-order valence-electron chi connectivity index (χ3n) is 6.18. The van der Waals surface area contributed by atoms with E-state index >= 15 is 0 Å². The molecule has 1 saturated heterocycles. The molecule has 0 saturated carbocycles. The van der Waals surface area contributed by atoms with Crippen molar-refractivity contribution < 1.29 is 23.3 Å². The molecule has 2 aliphatic rings. The maximum absolute atomic E-state index is 13.3. The Balaban J connectivity index is 1.72. The van der Waals surface area contributed by atoms with E-state index in [0.717, 1.165) is 5.69 Å². The van der Waals surface area contributed by atoms with Crippen LogP contribution in [0.1, 0.15) is 42.6 Å². The SMILES string of the molecule is CCOC(=O)CCc1csc(C2=NC(c3ccc(Cl)cc3Cl)C(C(=O)OCC)=C(CN3CCS(=O)CC3)N2)n1. The summed E-state index contributed by atoms with van der Waals surface area (Å²) >= 11 is 14.2. The van der Waals surface area contributed by atoms with Crippen molar-refractivity contribution in [2.75, 3.05) is 44.4 Å². The Morgan fingerprint density at radius 1 is 1.18 bits per heavy atom. The van der Waals surface area contributed by atoms with E-state index < -0.39 is 22.8 Å². The second kappa shape index (κ2) is 13.8. The molecular weight excluding hydrogens is 583 g/mol. The Hall–Kier alpha value is -2.31. The monoisotopic (exact) mass is 612 g/mol. The van der Waals surface area contributed by atoms with Crippen molar-refractivity contribution in [3.63, 3.8) is 0 Å². The van der Waals surface area contributed by atoms with Crippen LogP contribution in [0, 0.1) is 0 Å². The number of ether oxygens (including phenoxy) is 2. The number of carbonyl (C=O) groups is 2. The lowest BCUT2D eigenvalue weighted by Crippen LogP contribution is -2.44. The second-order valence-electron chi connectivity index (χ2n) is 8.86. The van der Waals surface area contributed by atoms with Crippen LogP contribution in [0.25, 0.3) is 0 Å². The van der Waals surface area contributed by atoms with Gasteiger partial charge in [-0.15, -0.1) is 11.3 Å². The van der Waals surface area contributed by atoms with Crippen molar-refractivity contribution in [2.24, 2.45) is 4.99 Å². The van der Waals surface area contributed by atoms with E-state index in [1.165, 1.54) is 11.3 Å². The highest BCUT2D eigenvalue weighted by Crippen LogP contribution is 2.37. The number of amidine groups is 1. The van der Waals surface area contributed by atoms with Crippen LogP contribution in [-0.4, -0.2) is 76.2 Å². The van der Waals surface area contributed by atoms with Crippen LogP contribution >= 0.6 is 34.5 Å². The Morgan fingerprint density at radius 3 is 2.62 bits per heavy atom. The summed E-state index contributed by atoms with van der Waals surface area (Å²) in [6.07, 6.45) is 0.672. The number of thiazole rings is 1. The number of rotatable bonds is 10. The summed E-state index contributed by atoms with van der Waals surface area (Å²) in [5, 5.41) is 6.69. The van der Waals surface area contributed by atoms with Gasteiger partial charge in [0.15, 0.2) is 10.8 Å². The summed E-state index contributed by atoms with van der Waals surface area (Å²) in [4.78, 5) is 36.9. The molecule has 1 aromatic carbocycles. The van der Waals surface area contributed by atoms with Gasteiger partial charge in [0.1, 0.15) is 6.04 Å². The zero-order valence-corrected chi connectivity index (χ0v) is 24.9. The molecule has 0 spiro atoms. The molecule has 0 bridgehead atoms. The average molecular weight is 614 g/mol. The van der Waals surface area contributed by atoms with Crippen LogP contribution in [0.2, 0.25) is 10.0 Å². The van der Waals surface area contributed by atoms with E-state index in [-0.39, 0.29) is 19.0 Å². The van der Waals surface area contributed by atoms with E-state index in [0.29, 0.717) is 81.9 Å². The summed E-state index contributed by atoms with van der Waals surface area (Å²) < 4.78 is 22.4. The second-order valence-corrected chi connectivity index (χ2v) is 12.3. The number of aromatic nitrogens is 1. The van der Waals surface area contributed by atoms with Crippen LogP contribution in [0.3, 0.4) is 0 Å². The zero-order valence-electron chi connectivity index (χ0n) is 21.7. The van der Waals surface area contributed by atoms with Gasteiger partial charge in [-0.25, -0.2) is 9.78 Å². The topological polar surface area (TPSA) is 110 Å². The summed E-state index contributed by atoms with van der Waals surface area (Å²) in [7, 11) is -0.836. The molecule has 2 aromatic rings. The van der Waals surface area contributed by atoms with Gasteiger partial charge in [0.2, 0.25) is 0 Å². The summed E-state index contributed by atoms with van der Waals surface area (Å²) in [6, 6.07) is 4.33. The summed E-state index contributed by atoms with van der Waals surface area (Å²) in [5.41, 5.74) is 2.34. The largest absolute Gasteiger partial charge is 0.466 e. The smallest absolute Gasteiger partial charge is 0.338 e. The molecule has 1 atom stereocenters. The third kappa shape index (κ3) is 7.67. The Labute approximate surface area is 244 Å². The molecule has 4 rings (SSSR count). The predicted octanol–water partition coefficient (Wildman–Crippen LogP) is 3.92. The van der Waals surface area contributed by atoms with Gasteiger partial charge >= 0.3 is 11.9 Å². The zero-order chi connectivity index (χ0) is 27.9. The Bertz CT molecular complexity index is 1300. The molecule has 2 aliphatic heterocycles. The fraction of sp³-hybridized carbons (Fsp3) is 0.462. The van der Waals surface area contributed by atoms with Gasteiger partial charge in [-0.1, -0.05) is 29.3 Å². The van der Waals surface area contributed by atoms with Crippen molar-refractivity contribution in [2.45, 2.75) is 32.7 Å². The first kappa shape index (κ1) is 29.7. The van der Waals surface area contributed by atoms with E-state index in [2.05, 4.69) is 10.2 Å². The highest BCUT2D eigenvalue weighted by molar-refractivity contribution is 7.85. The lowest BCUT2D eigenvalue weighted by atomic mass is 9.95. The molecule has 210 valence electrons. The first-order valence-corrected chi connectivity index (χ1v) is 15.8. The minimum Gasteiger partial charge on any atom is -0.466 e. The lowest BCUT2D eigenvalue weighted by Gasteiger charge is -2.32. The normalized spacial score (nSPS) is 18.5. The highest BCUT2D eigenvalue weighted by Gasteiger charge is 2.35. The fourth-order valence-electron chi connectivity index (χ4n) is 4.28. The predicted molar refractivity (Wildman–Crippen MR) is 154 cm³/mol. The number of nitrogens with zero attached hydrogens (tertiary/aromatic N) is 3. The number of halogens is 2. The van der Waals surface area contributed by atoms with Crippen LogP contribution in [0.15, 0.2) is 39.8 Å². The number of hydrogen-bond acceptors (Lipinski definition) is 10. The standard InChI is InChI=1S/C26H30Cl2N4O5S2/c1-3-36-21(33)8-6-17-15-38-25(29-17)24-30-20(14-32-9-11-39(35)12-10-32)22(26(34)37-4-2)23(31-24)18-7-5-16(27)13-19(18)28/h5,7,13,15,23H,3-4,6,8-12,14H2,1-2H3,(H,30,31). The average Bonchev–Trinajstić information content (AvgIpc) is 3.38. The van der Waals surface area contributed by atoms with Crippen molar-refractivity contribution in [1.29, 1.82) is 0 Å². The van der Waals surface area contributed by atoms with Crippen LogP contribution in [0.5, 0.6) is 0 Å². The summed E-state index contributed by atoms with van der Waals surface area (Å²) in [5.74, 6) is 0.873. The van der Waals surface area contributed by atoms with Gasteiger partial charge in [0.05, 0.1) is 30.9 Å². The van der Waals surface area contributed by atoms with E-state index in [4.69, 9.17) is 42.7 Å². The number of hydrogen-bond donors (Lipinski definition) is 1. The molecule has 3 heterocycles. The lowest BCUT2D eigenvalue weighted by molar-refractivity contribution is -0.143. The van der Waals surface area contributed by atoms with Crippen molar-refractivity contribution in [1.82, 2.24) is 15.2 Å².